The number of hydrogen-bond donors (Lipinski definition) is 1. The van der Waals surface area contributed by atoms with Gasteiger partial charge in [0.1, 0.15) is 11.9 Å². The van der Waals surface area contributed by atoms with Gasteiger partial charge in [0.05, 0.1) is 23.2 Å². The molecule has 1 aromatic carbocycles. The number of carbonyl (C=O) groups excluding carboxylic acids is 1. The highest BCUT2D eigenvalue weighted by Gasteiger charge is 2.38. The van der Waals surface area contributed by atoms with E-state index < -0.39 is 11.9 Å². The zero-order valence-electron chi connectivity index (χ0n) is 17.6. The number of aromatic nitrogens is 6. The van der Waals surface area contributed by atoms with Crippen molar-refractivity contribution < 1.29 is 13.6 Å². The van der Waals surface area contributed by atoms with Crippen LogP contribution >= 0.6 is 0 Å². The van der Waals surface area contributed by atoms with E-state index in [4.69, 9.17) is 4.42 Å². The second-order valence-corrected chi connectivity index (χ2v) is 7.93. The first-order valence-corrected chi connectivity index (χ1v) is 10.5. The number of benzene rings is 1. The van der Waals surface area contributed by atoms with E-state index in [1.165, 1.54) is 12.1 Å². The molecule has 5 aromatic rings. The van der Waals surface area contributed by atoms with Crippen LogP contribution in [0.25, 0.3) is 17.0 Å². The Balaban J connectivity index is 1.39. The van der Waals surface area contributed by atoms with Crippen LogP contribution in [0, 0.1) is 12.7 Å². The molecule has 10 heteroatoms. The van der Waals surface area contributed by atoms with Crippen LogP contribution in [0.15, 0.2) is 59.4 Å². The van der Waals surface area contributed by atoms with E-state index in [9.17, 15) is 9.18 Å². The quantitative estimate of drug-likeness (QED) is 0.459. The molecule has 1 aliphatic heterocycles. The van der Waals surface area contributed by atoms with Crippen molar-refractivity contribution in [2.75, 3.05) is 6.54 Å². The van der Waals surface area contributed by atoms with E-state index in [1.54, 1.807) is 28.7 Å². The summed E-state index contributed by atoms with van der Waals surface area (Å²) in [5, 5.41) is 12.7. The fourth-order valence-corrected chi connectivity index (χ4v) is 4.29. The Hall–Kier alpha value is -4.34. The van der Waals surface area contributed by atoms with Crippen LogP contribution in [-0.2, 0) is 6.42 Å². The smallest absolute Gasteiger partial charge is 0.312 e. The topological polar surface area (TPSA) is 105 Å². The minimum Gasteiger partial charge on any atom is -0.412 e. The van der Waals surface area contributed by atoms with Crippen LogP contribution in [0.3, 0.4) is 0 Å². The van der Waals surface area contributed by atoms with Crippen LogP contribution in [0.4, 0.5) is 4.39 Å². The third kappa shape index (κ3) is 3.18. The molecule has 0 bridgehead atoms. The normalized spacial score (nSPS) is 15.7. The van der Waals surface area contributed by atoms with Gasteiger partial charge in [-0.15, -0.1) is 10.2 Å². The van der Waals surface area contributed by atoms with Gasteiger partial charge in [-0.3, -0.25) is 4.79 Å². The third-order valence-corrected chi connectivity index (χ3v) is 5.88. The molecule has 0 fully saturated rings. The van der Waals surface area contributed by atoms with Crippen molar-refractivity contribution in [1.82, 2.24) is 34.7 Å². The zero-order chi connectivity index (χ0) is 22.5. The van der Waals surface area contributed by atoms with Crippen LogP contribution in [0.5, 0.6) is 0 Å². The fraction of sp³-hybridized carbons (Fsp3) is 0.174. The molecule has 0 radical (unpaired) electrons. The van der Waals surface area contributed by atoms with E-state index in [2.05, 4.69) is 25.3 Å². The molecule has 0 spiro atoms. The van der Waals surface area contributed by atoms with Gasteiger partial charge in [0.15, 0.2) is 0 Å². The summed E-state index contributed by atoms with van der Waals surface area (Å²) in [7, 11) is 0. The number of rotatable bonds is 3. The Morgan fingerprint density at radius 3 is 2.97 bits per heavy atom. The summed E-state index contributed by atoms with van der Waals surface area (Å²) in [4.78, 5) is 22.8. The van der Waals surface area contributed by atoms with Gasteiger partial charge in [-0.1, -0.05) is 6.07 Å². The van der Waals surface area contributed by atoms with Crippen LogP contribution in [-0.4, -0.2) is 47.1 Å². The summed E-state index contributed by atoms with van der Waals surface area (Å²) in [6.07, 6.45) is 4.10. The van der Waals surface area contributed by atoms with Crippen molar-refractivity contribution in [3.05, 3.63) is 89.3 Å². The number of aryl methyl sites for hydroxylation is 1. The highest BCUT2D eigenvalue weighted by atomic mass is 19.1. The fourth-order valence-electron chi connectivity index (χ4n) is 4.29. The molecule has 9 nitrogen and oxygen atoms in total. The number of carbonyl (C=O) groups is 1. The number of imidazole rings is 1. The predicted octanol–water partition coefficient (Wildman–Crippen LogP) is 3.34. The van der Waals surface area contributed by atoms with Crippen molar-refractivity contribution in [2.45, 2.75) is 19.4 Å². The molecule has 0 aliphatic carbocycles. The monoisotopic (exact) mass is 443 g/mol. The van der Waals surface area contributed by atoms with Crippen LogP contribution in [0.1, 0.15) is 39.4 Å². The number of amides is 1. The lowest BCUT2D eigenvalue weighted by Gasteiger charge is -2.32. The summed E-state index contributed by atoms with van der Waals surface area (Å²) in [5.41, 5.74) is 4.53. The molecule has 1 aliphatic rings. The van der Waals surface area contributed by atoms with Gasteiger partial charge < -0.3 is 14.3 Å². The third-order valence-electron chi connectivity index (χ3n) is 5.88. The highest BCUT2D eigenvalue weighted by molar-refractivity contribution is 5.90. The van der Waals surface area contributed by atoms with Gasteiger partial charge in [0.2, 0.25) is 5.89 Å². The number of aromatic amines is 1. The molecule has 0 saturated heterocycles. The number of fused-ring (bicyclic) bond motifs is 2. The van der Waals surface area contributed by atoms with E-state index in [-0.39, 0.29) is 17.6 Å². The maximum absolute atomic E-state index is 13.5. The maximum Gasteiger partial charge on any atom is 0.312 e. The number of halogens is 1. The van der Waals surface area contributed by atoms with Crippen LogP contribution < -0.4 is 0 Å². The first-order valence-electron chi connectivity index (χ1n) is 10.5. The largest absolute Gasteiger partial charge is 0.412 e. The number of H-pyrrole nitrogens is 1. The second kappa shape index (κ2) is 7.37. The summed E-state index contributed by atoms with van der Waals surface area (Å²) in [6, 6.07) is 11.5. The Morgan fingerprint density at radius 1 is 1.21 bits per heavy atom. The van der Waals surface area contributed by atoms with Gasteiger partial charge in [0, 0.05) is 30.4 Å². The van der Waals surface area contributed by atoms with Crippen molar-refractivity contribution in [3.8, 4) is 11.5 Å². The zero-order valence-corrected chi connectivity index (χ0v) is 17.6. The average molecular weight is 443 g/mol. The molecular formula is C23H18FN7O2. The lowest BCUT2D eigenvalue weighted by molar-refractivity contribution is 0.0646. The molecule has 164 valence electrons. The lowest BCUT2D eigenvalue weighted by Crippen LogP contribution is -2.41. The summed E-state index contributed by atoms with van der Waals surface area (Å²) < 4.78 is 21.0. The summed E-state index contributed by atoms with van der Waals surface area (Å²) in [5.74, 6) is -0.742. The van der Waals surface area contributed by atoms with Gasteiger partial charge in [0.25, 0.3) is 0 Å². The first kappa shape index (κ1) is 19.4. The SMILES string of the molecule is Cc1cc(F)ccc1-c1nnc(C(=O)N2CCc3[nH]cnc3[C@@H]2c2cc3ccccn3n2)o1. The summed E-state index contributed by atoms with van der Waals surface area (Å²) in [6.45, 7) is 2.17. The maximum atomic E-state index is 13.5. The van der Waals surface area contributed by atoms with Gasteiger partial charge >= 0.3 is 11.8 Å². The lowest BCUT2D eigenvalue weighted by atomic mass is 9.99. The number of pyridine rings is 1. The van der Waals surface area contributed by atoms with Gasteiger partial charge in [-0.2, -0.15) is 5.10 Å². The minimum absolute atomic E-state index is 0.138. The second-order valence-electron chi connectivity index (χ2n) is 7.93. The molecule has 6 rings (SSSR count). The molecule has 1 amide bonds. The molecule has 4 aromatic heterocycles. The average Bonchev–Trinajstić information content (AvgIpc) is 3.56. The standard InChI is InChI=1S/C23H18FN7O2/c1-13-10-14(24)5-6-16(13)21-27-28-22(33-21)23(32)30-9-7-17-19(26-12-25-17)20(30)18-11-15-4-2-3-8-31(15)29-18/h2-6,8,10-12,20H,7,9H2,1H3,(H,25,26)/t20-/m0/s1. The minimum atomic E-state index is -0.504. The summed E-state index contributed by atoms with van der Waals surface area (Å²) >= 11 is 0. The van der Waals surface area contributed by atoms with Crippen molar-refractivity contribution in [3.63, 3.8) is 0 Å². The molecule has 1 N–H and O–H groups in total. The van der Waals surface area contributed by atoms with Crippen molar-refractivity contribution >= 4 is 11.4 Å². The van der Waals surface area contributed by atoms with E-state index >= 15 is 0 Å². The van der Waals surface area contributed by atoms with Crippen LogP contribution in [0.2, 0.25) is 0 Å². The number of nitrogens with zero attached hydrogens (tertiary/aromatic N) is 6. The molecule has 5 heterocycles. The molecule has 1 atom stereocenters. The number of nitrogens with one attached hydrogen (secondary N) is 1. The Bertz CT molecular complexity index is 1470. The molecule has 33 heavy (non-hydrogen) atoms. The van der Waals surface area contributed by atoms with E-state index in [1.807, 2.05) is 30.5 Å². The molecule has 0 unspecified atom stereocenters. The predicted molar refractivity (Wildman–Crippen MR) is 115 cm³/mol. The van der Waals surface area contributed by atoms with Gasteiger partial charge in [-0.25, -0.2) is 13.9 Å². The first-order chi connectivity index (χ1) is 16.1. The van der Waals surface area contributed by atoms with Crippen molar-refractivity contribution in [1.29, 1.82) is 0 Å². The Morgan fingerprint density at radius 2 is 2.12 bits per heavy atom. The highest BCUT2D eigenvalue weighted by Crippen LogP contribution is 2.34. The van der Waals surface area contributed by atoms with E-state index in [0.29, 0.717) is 29.8 Å². The van der Waals surface area contributed by atoms with Crippen molar-refractivity contribution in [2.24, 2.45) is 0 Å². The Labute approximate surface area is 186 Å². The van der Waals surface area contributed by atoms with Gasteiger partial charge in [-0.05, 0) is 48.9 Å². The molecular weight excluding hydrogens is 425 g/mol. The Kier molecular flexibility index (Phi) is 4.32. The van der Waals surface area contributed by atoms with E-state index in [0.717, 1.165) is 16.9 Å². The molecule has 0 saturated carbocycles. The number of hydrogen-bond acceptors (Lipinski definition) is 6.